The molecule has 0 amide bonds. The molecule has 1 rings (SSSR count). The topological polar surface area (TPSA) is 78.4 Å². The molecule has 0 radical (unpaired) electrons. The summed E-state index contributed by atoms with van der Waals surface area (Å²) in [5, 5.41) is 9.79. The van der Waals surface area contributed by atoms with Gasteiger partial charge in [0.1, 0.15) is 5.75 Å². The zero-order chi connectivity index (χ0) is 15.6. The Hall–Kier alpha value is -1.27. The van der Waals surface area contributed by atoms with Gasteiger partial charge in [-0.2, -0.15) is 13.1 Å². The maximum atomic E-state index is 11.9. The second kappa shape index (κ2) is 6.01. The number of phenols is 1. The van der Waals surface area contributed by atoms with Crippen LogP contribution < -0.4 is 9.44 Å². The number of aromatic hydroxyl groups is 1. The second-order valence-corrected chi connectivity index (χ2v) is 7.83. The normalized spacial score (nSPS) is 12.7. The van der Waals surface area contributed by atoms with Crippen molar-refractivity contribution in [2.75, 3.05) is 11.3 Å². The van der Waals surface area contributed by atoms with Gasteiger partial charge in [0.2, 0.25) is 0 Å². The van der Waals surface area contributed by atoms with Gasteiger partial charge in [-0.15, -0.1) is 0 Å². The summed E-state index contributed by atoms with van der Waals surface area (Å²) in [7, 11) is -3.67. The van der Waals surface area contributed by atoms with Crippen LogP contribution in [0.15, 0.2) is 18.2 Å². The van der Waals surface area contributed by atoms with Gasteiger partial charge < -0.3 is 5.11 Å². The van der Waals surface area contributed by atoms with Gasteiger partial charge in [0, 0.05) is 6.54 Å². The molecule has 3 N–H and O–H groups in total. The van der Waals surface area contributed by atoms with Gasteiger partial charge in [-0.05, 0) is 29.0 Å². The summed E-state index contributed by atoms with van der Waals surface area (Å²) in [5.74, 6) is 0.119. The molecule has 0 fully saturated rings. The molecule has 5 nitrogen and oxygen atoms in total. The Bertz CT molecular complexity index is 560. The van der Waals surface area contributed by atoms with E-state index in [1.54, 1.807) is 12.1 Å². The first-order chi connectivity index (χ1) is 9.01. The van der Waals surface area contributed by atoms with E-state index in [0.717, 1.165) is 5.56 Å². The van der Waals surface area contributed by atoms with Crippen molar-refractivity contribution in [3.05, 3.63) is 23.8 Å². The number of phenolic OH excluding ortho intramolecular Hbond substituents is 1. The van der Waals surface area contributed by atoms with Gasteiger partial charge in [0.05, 0.1) is 5.69 Å². The molecule has 0 aliphatic rings. The summed E-state index contributed by atoms with van der Waals surface area (Å²) in [5.41, 5.74) is 1.00. The number of hydrogen-bond acceptors (Lipinski definition) is 3. The first-order valence-corrected chi connectivity index (χ1v) is 8.10. The summed E-state index contributed by atoms with van der Waals surface area (Å²) in [6.45, 7) is 10.2. The van der Waals surface area contributed by atoms with Crippen LogP contribution in [-0.4, -0.2) is 20.1 Å². The smallest absolute Gasteiger partial charge is 0.299 e. The van der Waals surface area contributed by atoms with Crippen LogP contribution in [0.4, 0.5) is 5.69 Å². The molecule has 0 heterocycles. The molecule has 0 aliphatic heterocycles. The number of rotatable bonds is 5. The SMILES string of the molecule is CC(C)CNS(=O)(=O)Nc1cc(C(C)(C)C)ccc1O. The summed E-state index contributed by atoms with van der Waals surface area (Å²) >= 11 is 0. The van der Waals surface area contributed by atoms with Gasteiger partial charge in [-0.25, -0.2) is 0 Å². The maximum absolute atomic E-state index is 11.9. The van der Waals surface area contributed by atoms with E-state index in [1.807, 2.05) is 34.6 Å². The fraction of sp³-hybridized carbons (Fsp3) is 0.571. The number of hydrogen-bond donors (Lipinski definition) is 3. The third-order valence-electron chi connectivity index (χ3n) is 2.79. The minimum Gasteiger partial charge on any atom is -0.506 e. The second-order valence-electron chi connectivity index (χ2n) is 6.33. The summed E-state index contributed by atoms with van der Waals surface area (Å²) in [6, 6.07) is 4.94. The van der Waals surface area contributed by atoms with Crippen LogP contribution in [-0.2, 0) is 15.6 Å². The molecule has 1 aromatic rings. The standard InChI is InChI=1S/C14H24N2O3S/c1-10(2)9-15-20(18,19)16-12-8-11(14(3,4)5)6-7-13(12)17/h6-8,10,15-17H,9H2,1-5H3. The highest BCUT2D eigenvalue weighted by Crippen LogP contribution is 2.31. The van der Waals surface area contributed by atoms with Crippen LogP contribution in [0.5, 0.6) is 5.75 Å². The largest absolute Gasteiger partial charge is 0.506 e. The lowest BCUT2D eigenvalue weighted by Crippen LogP contribution is -2.33. The fourth-order valence-corrected chi connectivity index (χ4v) is 2.62. The molecule has 0 aliphatic carbocycles. The predicted octanol–water partition coefficient (Wildman–Crippen LogP) is 2.59. The van der Waals surface area contributed by atoms with Gasteiger partial charge in [0.15, 0.2) is 0 Å². The third-order valence-corrected chi connectivity index (χ3v) is 3.82. The third kappa shape index (κ3) is 5.02. The van der Waals surface area contributed by atoms with Crippen LogP contribution in [0.3, 0.4) is 0 Å². The maximum Gasteiger partial charge on any atom is 0.299 e. The van der Waals surface area contributed by atoms with E-state index in [-0.39, 0.29) is 22.8 Å². The molecule has 1 aromatic carbocycles. The molecule has 0 bridgehead atoms. The molecule has 0 atom stereocenters. The fourth-order valence-electron chi connectivity index (χ4n) is 1.54. The molecule has 0 aromatic heterocycles. The average molecular weight is 300 g/mol. The van der Waals surface area contributed by atoms with Gasteiger partial charge in [-0.3, -0.25) is 4.72 Å². The van der Waals surface area contributed by atoms with Crippen LogP contribution >= 0.6 is 0 Å². The highest BCUT2D eigenvalue weighted by atomic mass is 32.2. The molecule has 0 unspecified atom stereocenters. The zero-order valence-corrected chi connectivity index (χ0v) is 13.5. The molecule has 6 heteroatoms. The molecule has 0 saturated carbocycles. The Morgan fingerprint density at radius 1 is 1.25 bits per heavy atom. The first-order valence-electron chi connectivity index (χ1n) is 6.62. The van der Waals surface area contributed by atoms with E-state index in [1.165, 1.54) is 6.07 Å². The van der Waals surface area contributed by atoms with E-state index >= 15 is 0 Å². The van der Waals surface area contributed by atoms with Crippen molar-refractivity contribution in [3.63, 3.8) is 0 Å². The lowest BCUT2D eigenvalue weighted by molar-refractivity contribution is 0.476. The van der Waals surface area contributed by atoms with Crippen LogP contribution in [0.25, 0.3) is 0 Å². The predicted molar refractivity (Wildman–Crippen MR) is 82.2 cm³/mol. The monoisotopic (exact) mass is 300 g/mol. The number of anilines is 1. The molecule has 20 heavy (non-hydrogen) atoms. The van der Waals surface area contributed by atoms with E-state index in [0.29, 0.717) is 6.54 Å². The lowest BCUT2D eigenvalue weighted by Gasteiger charge is -2.21. The van der Waals surface area contributed by atoms with E-state index in [2.05, 4.69) is 9.44 Å². The molecule has 114 valence electrons. The van der Waals surface area contributed by atoms with E-state index < -0.39 is 10.2 Å². The van der Waals surface area contributed by atoms with Gasteiger partial charge in [0.25, 0.3) is 10.2 Å². The van der Waals surface area contributed by atoms with Crippen molar-refractivity contribution in [3.8, 4) is 5.75 Å². The highest BCUT2D eigenvalue weighted by molar-refractivity contribution is 7.90. The van der Waals surface area contributed by atoms with Crippen molar-refractivity contribution in [1.82, 2.24) is 4.72 Å². The number of benzene rings is 1. The van der Waals surface area contributed by atoms with Crippen molar-refractivity contribution in [2.24, 2.45) is 5.92 Å². The average Bonchev–Trinajstić information content (AvgIpc) is 2.28. The molecule has 0 spiro atoms. The lowest BCUT2D eigenvalue weighted by atomic mass is 9.87. The zero-order valence-electron chi connectivity index (χ0n) is 12.7. The highest BCUT2D eigenvalue weighted by Gasteiger charge is 2.18. The van der Waals surface area contributed by atoms with E-state index in [9.17, 15) is 13.5 Å². The molecule has 0 saturated heterocycles. The van der Waals surface area contributed by atoms with Crippen LogP contribution in [0.1, 0.15) is 40.2 Å². The minimum absolute atomic E-state index is 0.0899. The quantitative estimate of drug-likeness (QED) is 0.731. The van der Waals surface area contributed by atoms with Gasteiger partial charge >= 0.3 is 0 Å². The van der Waals surface area contributed by atoms with E-state index in [4.69, 9.17) is 0 Å². The van der Waals surface area contributed by atoms with Crippen molar-refractivity contribution < 1.29 is 13.5 Å². The Kier molecular flexibility index (Phi) is 5.05. The summed E-state index contributed by atoms with van der Waals surface area (Å²) in [6.07, 6.45) is 0. The Morgan fingerprint density at radius 3 is 2.35 bits per heavy atom. The molecular formula is C14H24N2O3S. The Morgan fingerprint density at radius 2 is 1.85 bits per heavy atom. The summed E-state index contributed by atoms with van der Waals surface area (Å²) < 4.78 is 28.6. The minimum atomic E-state index is -3.67. The van der Waals surface area contributed by atoms with Crippen molar-refractivity contribution >= 4 is 15.9 Å². The van der Waals surface area contributed by atoms with Gasteiger partial charge in [-0.1, -0.05) is 40.7 Å². The summed E-state index contributed by atoms with van der Waals surface area (Å²) in [4.78, 5) is 0. The Labute approximate surface area is 121 Å². The Balaban J connectivity index is 2.97. The van der Waals surface area contributed by atoms with Crippen molar-refractivity contribution in [1.29, 1.82) is 0 Å². The van der Waals surface area contributed by atoms with Crippen molar-refractivity contribution in [2.45, 2.75) is 40.0 Å². The van der Waals surface area contributed by atoms with Crippen LogP contribution in [0, 0.1) is 5.92 Å². The molecular weight excluding hydrogens is 276 g/mol. The first kappa shape index (κ1) is 16.8. The number of nitrogens with one attached hydrogen (secondary N) is 2. The van der Waals surface area contributed by atoms with Crippen LogP contribution in [0.2, 0.25) is 0 Å².